The van der Waals surface area contributed by atoms with Crippen molar-refractivity contribution in [3.05, 3.63) is 59.9 Å². The highest BCUT2D eigenvalue weighted by Gasteiger charge is 2.17. The van der Waals surface area contributed by atoms with Gasteiger partial charge in [-0.15, -0.1) is 0 Å². The van der Waals surface area contributed by atoms with E-state index in [2.05, 4.69) is 9.55 Å². The van der Waals surface area contributed by atoms with Crippen LogP contribution in [0.4, 0.5) is 5.69 Å². The molecule has 116 valence electrons. The normalized spacial score (nSPS) is 13.8. The summed E-state index contributed by atoms with van der Waals surface area (Å²) in [6, 6.07) is 15.2. The molecule has 0 spiro atoms. The quantitative estimate of drug-likeness (QED) is 0.731. The Morgan fingerprint density at radius 1 is 1.22 bits per heavy atom. The topological polar surface area (TPSA) is 47.4 Å². The maximum absolute atomic E-state index is 12.6. The highest BCUT2D eigenvalue weighted by atomic mass is 16.5. The number of carbonyl (C=O) groups is 1. The van der Waals surface area contributed by atoms with Crippen molar-refractivity contribution < 1.29 is 9.53 Å². The zero-order valence-corrected chi connectivity index (χ0v) is 12.9. The summed E-state index contributed by atoms with van der Waals surface area (Å²) in [4.78, 5) is 18.8. The van der Waals surface area contributed by atoms with Crippen molar-refractivity contribution in [2.75, 3.05) is 18.6 Å². The Morgan fingerprint density at radius 3 is 2.87 bits per heavy atom. The zero-order valence-electron chi connectivity index (χ0n) is 12.9. The lowest BCUT2D eigenvalue weighted by atomic mass is 10.2. The van der Waals surface area contributed by atoms with E-state index in [4.69, 9.17) is 4.74 Å². The number of aromatic nitrogens is 2. The van der Waals surface area contributed by atoms with Gasteiger partial charge in [0.1, 0.15) is 12.4 Å². The molecule has 0 N–H and O–H groups in total. The summed E-state index contributed by atoms with van der Waals surface area (Å²) < 4.78 is 7.63. The molecule has 1 amide bonds. The summed E-state index contributed by atoms with van der Waals surface area (Å²) in [6.45, 7) is 2.08. The molecule has 23 heavy (non-hydrogen) atoms. The van der Waals surface area contributed by atoms with Crippen molar-refractivity contribution in [2.24, 2.45) is 0 Å². The second-order valence-corrected chi connectivity index (χ2v) is 5.64. The minimum atomic E-state index is -0.0303. The predicted octanol–water partition coefficient (Wildman–Crippen LogP) is 2.84. The summed E-state index contributed by atoms with van der Waals surface area (Å²) in [5.41, 5.74) is 3.50. The number of nitrogens with zero attached hydrogens (tertiary/aromatic N) is 3. The van der Waals surface area contributed by atoms with Crippen LogP contribution in [0.25, 0.3) is 11.0 Å². The van der Waals surface area contributed by atoms with Crippen LogP contribution in [-0.2, 0) is 17.9 Å². The van der Waals surface area contributed by atoms with Crippen LogP contribution in [0.3, 0.4) is 0 Å². The Labute approximate surface area is 134 Å². The van der Waals surface area contributed by atoms with E-state index in [0.717, 1.165) is 29.1 Å². The predicted molar refractivity (Wildman–Crippen MR) is 88.6 cm³/mol. The van der Waals surface area contributed by atoms with Crippen LogP contribution in [0.1, 0.15) is 16.2 Å². The van der Waals surface area contributed by atoms with Crippen molar-refractivity contribution in [3.8, 4) is 0 Å². The van der Waals surface area contributed by atoms with Gasteiger partial charge in [-0.1, -0.05) is 18.2 Å². The molecular formula is C18H17N3O2. The maximum Gasteiger partial charge on any atom is 0.258 e. The third kappa shape index (κ3) is 2.39. The summed E-state index contributed by atoms with van der Waals surface area (Å²) in [5.74, 6) is 0.915. The summed E-state index contributed by atoms with van der Waals surface area (Å²) in [5, 5.41) is 0. The number of anilines is 1. The van der Waals surface area contributed by atoms with Gasteiger partial charge in [-0.3, -0.25) is 4.79 Å². The van der Waals surface area contributed by atoms with E-state index < -0.39 is 0 Å². The van der Waals surface area contributed by atoms with Gasteiger partial charge in [-0.05, 0) is 30.3 Å². The van der Waals surface area contributed by atoms with E-state index in [9.17, 15) is 4.79 Å². The molecule has 0 aliphatic carbocycles. The van der Waals surface area contributed by atoms with Crippen LogP contribution in [0.2, 0.25) is 0 Å². The first-order chi connectivity index (χ1) is 11.2. The Hall–Kier alpha value is -2.66. The number of benzene rings is 2. The molecule has 2 heterocycles. The molecule has 0 radical (unpaired) electrons. The van der Waals surface area contributed by atoms with Gasteiger partial charge in [0.25, 0.3) is 5.91 Å². The van der Waals surface area contributed by atoms with Crippen LogP contribution in [0, 0.1) is 0 Å². The molecule has 0 bridgehead atoms. The minimum absolute atomic E-state index is 0.0303. The first kappa shape index (κ1) is 14.0. The number of hydrogen-bond acceptors (Lipinski definition) is 3. The lowest BCUT2D eigenvalue weighted by Gasteiger charge is -2.18. The van der Waals surface area contributed by atoms with Gasteiger partial charge in [0.2, 0.25) is 0 Å². The Kier molecular flexibility index (Phi) is 3.35. The maximum atomic E-state index is 12.6. The highest BCUT2D eigenvalue weighted by Crippen LogP contribution is 2.25. The molecule has 1 aromatic heterocycles. The fourth-order valence-electron chi connectivity index (χ4n) is 2.95. The molecule has 5 heteroatoms. The van der Waals surface area contributed by atoms with Crippen LogP contribution in [0.5, 0.6) is 0 Å². The third-order valence-corrected chi connectivity index (χ3v) is 4.21. The van der Waals surface area contributed by atoms with E-state index in [-0.39, 0.29) is 5.91 Å². The molecule has 4 rings (SSSR count). The van der Waals surface area contributed by atoms with Gasteiger partial charge < -0.3 is 14.2 Å². The fourth-order valence-corrected chi connectivity index (χ4v) is 2.95. The van der Waals surface area contributed by atoms with E-state index in [0.29, 0.717) is 18.8 Å². The van der Waals surface area contributed by atoms with E-state index in [1.54, 1.807) is 11.9 Å². The molecule has 0 saturated heterocycles. The first-order valence-corrected chi connectivity index (χ1v) is 7.64. The third-order valence-electron chi connectivity index (χ3n) is 4.21. The van der Waals surface area contributed by atoms with Crippen molar-refractivity contribution in [3.63, 3.8) is 0 Å². The fraction of sp³-hybridized carbons (Fsp3) is 0.222. The second-order valence-electron chi connectivity index (χ2n) is 5.64. The monoisotopic (exact) mass is 307 g/mol. The molecule has 2 aromatic carbocycles. The van der Waals surface area contributed by atoms with Gasteiger partial charge in [0.15, 0.2) is 0 Å². The van der Waals surface area contributed by atoms with Crippen molar-refractivity contribution in [2.45, 2.75) is 13.2 Å². The second kappa shape index (κ2) is 5.52. The zero-order chi connectivity index (χ0) is 15.8. The number of ether oxygens (including phenoxy) is 1. The minimum Gasteiger partial charge on any atom is -0.372 e. The van der Waals surface area contributed by atoms with Gasteiger partial charge in [-0.25, -0.2) is 4.98 Å². The van der Waals surface area contributed by atoms with Crippen molar-refractivity contribution in [1.82, 2.24) is 9.55 Å². The van der Waals surface area contributed by atoms with E-state index >= 15 is 0 Å². The number of hydrogen-bond donors (Lipinski definition) is 0. The largest absolute Gasteiger partial charge is 0.372 e. The highest BCUT2D eigenvalue weighted by molar-refractivity contribution is 6.06. The van der Waals surface area contributed by atoms with E-state index in [1.165, 1.54) is 0 Å². The van der Waals surface area contributed by atoms with Crippen molar-refractivity contribution in [1.29, 1.82) is 0 Å². The van der Waals surface area contributed by atoms with Crippen LogP contribution < -0.4 is 4.90 Å². The standard InChI is InChI=1S/C18H17N3O2/c1-20(18(22)13-5-3-2-4-6-13)14-7-8-16-15(11-14)19-17-12-23-10-9-21(16)17/h2-8,11H,9-10,12H2,1H3. The summed E-state index contributed by atoms with van der Waals surface area (Å²) >= 11 is 0. The number of rotatable bonds is 2. The molecule has 0 atom stereocenters. The lowest BCUT2D eigenvalue weighted by molar-refractivity contribution is 0.0830. The number of carbonyl (C=O) groups excluding carboxylic acids is 1. The summed E-state index contributed by atoms with van der Waals surface area (Å²) in [6.07, 6.45) is 0. The average Bonchev–Trinajstić information content (AvgIpc) is 2.99. The van der Waals surface area contributed by atoms with Gasteiger partial charge in [-0.2, -0.15) is 0 Å². The Bertz CT molecular complexity index is 871. The molecule has 0 unspecified atom stereocenters. The lowest BCUT2D eigenvalue weighted by Crippen LogP contribution is -2.26. The Balaban J connectivity index is 1.70. The Morgan fingerprint density at radius 2 is 2.04 bits per heavy atom. The van der Waals surface area contributed by atoms with Gasteiger partial charge in [0.05, 0.1) is 17.6 Å². The summed E-state index contributed by atoms with van der Waals surface area (Å²) in [7, 11) is 1.79. The van der Waals surface area contributed by atoms with Gasteiger partial charge in [0, 0.05) is 24.8 Å². The number of imidazole rings is 1. The van der Waals surface area contributed by atoms with E-state index in [1.807, 2.05) is 48.5 Å². The molecular weight excluding hydrogens is 290 g/mol. The van der Waals surface area contributed by atoms with Crippen molar-refractivity contribution >= 4 is 22.6 Å². The molecule has 0 fully saturated rings. The SMILES string of the molecule is CN(C(=O)c1ccccc1)c1ccc2c(c1)nc1n2CCOC1. The van der Waals surface area contributed by atoms with Crippen LogP contribution in [0.15, 0.2) is 48.5 Å². The smallest absolute Gasteiger partial charge is 0.258 e. The number of fused-ring (bicyclic) bond motifs is 3. The molecule has 1 aliphatic heterocycles. The van der Waals surface area contributed by atoms with Crippen LogP contribution >= 0.6 is 0 Å². The van der Waals surface area contributed by atoms with Gasteiger partial charge >= 0.3 is 0 Å². The number of amides is 1. The van der Waals surface area contributed by atoms with Crippen LogP contribution in [-0.4, -0.2) is 29.1 Å². The first-order valence-electron chi connectivity index (χ1n) is 7.64. The average molecular weight is 307 g/mol. The molecule has 3 aromatic rings. The molecule has 5 nitrogen and oxygen atoms in total. The molecule has 1 aliphatic rings. The molecule has 0 saturated carbocycles.